The van der Waals surface area contributed by atoms with Gasteiger partial charge >= 0.3 is 0 Å². The lowest BCUT2D eigenvalue weighted by atomic mass is 9.88. The molecule has 2 aliphatic rings. The van der Waals surface area contributed by atoms with E-state index in [1.807, 2.05) is 0 Å². The normalized spacial score (nSPS) is 33.2. The third-order valence-electron chi connectivity index (χ3n) is 3.90. The molecule has 0 aromatic carbocycles. The second-order valence-corrected chi connectivity index (χ2v) is 5.69. The third kappa shape index (κ3) is 2.99. The Morgan fingerprint density at radius 1 is 1.35 bits per heavy atom. The lowest BCUT2D eigenvalue weighted by molar-refractivity contribution is -0.237. The van der Waals surface area contributed by atoms with Gasteiger partial charge < -0.3 is 19.3 Å². The molecular weight excluding hydrogens is 220 g/mol. The fourth-order valence-electron chi connectivity index (χ4n) is 2.47. The lowest BCUT2D eigenvalue weighted by Gasteiger charge is -2.41. The largest absolute Gasteiger partial charge is 0.390 e. The first kappa shape index (κ1) is 13.3. The molecular formula is C13H24O4. The fourth-order valence-corrected chi connectivity index (χ4v) is 2.47. The molecule has 0 aromatic heterocycles. The smallest absolute Gasteiger partial charge is 0.171 e. The molecule has 1 aliphatic heterocycles. The number of hydrogen-bond acceptors (Lipinski definition) is 4. The summed E-state index contributed by atoms with van der Waals surface area (Å²) in [6.45, 7) is 7.50. The van der Waals surface area contributed by atoms with Gasteiger partial charge in [-0.15, -0.1) is 0 Å². The molecule has 17 heavy (non-hydrogen) atoms. The summed E-state index contributed by atoms with van der Waals surface area (Å²) >= 11 is 0. The van der Waals surface area contributed by atoms with Gasteiger partial charge in [-0.2, -0.15) is 0 Å². The second-order valence-electron chi connectivity index (χ2n) is 5.69. The summed E-state index contributed by atoms with van der Waals surface area (Å²) in [6.07, 6.45) is 2.42. The summed E-state index contributed by atoms with van der Waals surface area (Å²) in [5.41, 5.74) is -0.206. The predicted molar refractivity (Wildman–Crippen MR) is 63.7 cm³/mol. The lowest BCUT2D eigenvalue weighted by Crippen LogP contribution is -2.49. The van der Waals surface area contributed by atoms with Crippen molar-refractivity contribution in [3.05, 3.63) is 0 Å². The van der Waals surface area contributed by atoms with Gasteiger partial charge in [0.05, 0.1) is 31.0 Å². The minimum Gasteiger partial charge on any atom is -0.390 e. The van der Waals surface area contributed by atoms with Crippen molar-refractivity contribution in [1.29, 1.82) is 0 Å². The van der Waals surface area contributed by atoms with Crippen LogP contribution >= 0.6 is 0 Å². The highest BCUT2D eigenvalue weighted by Gasteiger charge is 2.46. The van der Waals surface area contributed by atoms with Gasteiger partial charge in [-0.3, -0.25) is 0 Å². The van der Waals surface area contributed by atoms with Crippen molar-refractivity contribution in [3.63, 3.8) is 0 Å². The topological polar surface area (TPSA) is 47.9 Å². The summed E-state index contributed by atoms with van der Waals surface area (Å²) in [5, 5.41) is 10.0. The SMILES string of the molecule is CCC(C)(C)OC1CC2(CCC1O)OCCO2. The van der Waals surface area contributed by atoms with Crippen LogP contribution in [0.25, 0.3) is 0 Å². The van der Waals surface area contributed by atoms with Gasteiger partial charge in [0.1, 0.15) is 0 Å². The Morgan fingerprint density at radius 2 is 2.00 bits per heavy atom. The molecule has 0 amide bonds. The summed E-state index contributed by atoms with van der Waals surface area (Å²) in [7, 11) is 0. The average molecular weight is 244 g/mol. The number of ether oxygens (including phenoxy) is 3. The van der Waals surface area contributed by atoms with Gasteiger partial charge in [0.25, 0.3) is 0 Å². The molecule has 2 unspecified atom stereocenters. The van der Waals surface area contributed by atoms with E-state index in [-0.39, 0.29) is 11.7 Å². The molecule has 2 fully saturated rings. The standard InChI is InChI=1S/C13H24O4/c1-4-12(2,3)17-11-9-13(6-5-10(11)14)15-7-8-16-13/h10-11,14H,4-9H2,1-3H3. The van der Waals surface area contributed by atoms with E-state index in [9.17, 15) is 5.11 Å². The first-order valence-corrected chi connectivity index (χ1v) is 6.60. The van der Waals surface area contributed by atoms with Crippen LogP contribution in [-0.2, 0) is 14.2 Å². The Balaban J connectivity index is 2.00. The molecule has 1 saturated carbocycles. The molecule has 0 radical (unpaired) electrons. The van der Waals surface area contributed by atoms with E-state index < -0.39 is 11.9 Å². The van der Waals surface area contributed by atoms with Gasteiger partial charge in [-0.05, 0) is 26.7 Å². The van der Waals surface area contributed by atoms with Crippen LogP contribution in [0, 0.1) is 0 Å². The molecule has 4 nitrogen and oxygen atoms in total. The molecule has 0 aromatic rings. The molecule has 4 heteroatoms. The van der Waals surface area contributed by atoms with E-state index in [2.05, 4.69) is 20.8 Å². The zero-order chi connectivity index (χ0) is 12.5. The van der Waals surface area contributed by atoms with Gasteiger partial charge in [0.2, 0.25) is 0 Å². The van der Waals surface area contributed by atoms with Crippen molar-refractivity contribution in [1.82, 2.24) is 0 Å². The first-order valence-electron chi connectivity index (χ1n) is 6.60. The van der Waals surface area contributed by atoms with E-state index in [1.54, 1.807) is 0 Å². The quantitative estimate of drug-likeness (QED) is 0.823. The highest BCUT2D eigenvalue weighted by atomic mass is 16.7. The van der Waals surface area contributed by atoms with Crippen LogP contribution < -0.4 is 0 Å². The first-order chi connectivity index (χ1) is 7.96. The summed E-state index contributed by atoms with van der Waals surface area (Å²) in [5.74, 6) is -0.492. The van der Waals surface area contributed by atoms with Gasteiger partial charge in [0.15, 0.2) is 5.79 Å². The zero-order valence-electron chi connectivity index (χ0n) is 11.1. The number of rotatable bonds is 3. The van der Waals surface area contributed by atoms with Crippen molar-refractivity contribution >= 4 is 0 Å². The van der Waals surface area contributed by atoms with E-state index in [4.69, 9.17) is 14.2 Å². The van der Waals surface area contributed by atoms with Crippen molar-refractivity contribution < 1.29 is 19.3 Å². The molecule has 1 aliphatic carbocycles. The third-order valence-corrected chi connectivity index (χ3v) is 3.90. The van der Waals surface area contributed by atoms with Crippen LogP contribution in [-0.4, -0.2) is 41.9 Å². The number of hydrogen-bond donors (Lipinski definition) is 1. The maximum atomic E-state index is 10.0. The van der Waals surface area contributed by atoms with Gasteiger partial charge in [0, 0.05) is 12.8 Å². The molecule has 2 atom stereocenters. The molecule has 100 valence electrons. The van der Waals surface area contributed by atoms with Crippen molar-refractivity contribution in [2.45, 2.75) is 70.1 Å². The molecule has 1 spiro atoms. The van der Waals surface area contributed by atoms with Gasteiger partial charge in [-0.25, -0.2) is 0 Å². The number of aliphatic hydroxyl groups excluding tert-OH is 1. The van der Waals surface area contributed by atoms with Gasteiger partial charge in [-0.1, -0.05) is 6.92 Å². The van der Waals surface area contributed by atoms with Crippen molar-refractivity contribution in [3.8, 4) is 0 Å². The van der Waals surface area contributed by atoms with E-state index >= 15 is 0 Å². The summed E-state index contributed by atoms with van der Waals surface area (Å²) < 4.78 is 17.4. The van der Waals surface area contributed by atoms with Crippen LogP contribution in [0.4, 0.5) is 0 Å². The maximum absolute atomic E-state index is 10.0. The zero-order valence-corrected chi connectivity index (χ0v) is 11.1. The molecule has 1 N–H and O–H groups in total. The summed E-state index contributed by atoms with van der Waals surface area (Å²) in [4.78, 5) is 0. The summed E-state index contributed by atoms with van der Waals surface area (Å²) in [6, 6.07) is 0. The maximum Gasteiger partial charge on any atom is 0.171 e. The van der Waals surface area contributed by atoms with E-state index in [1.165, 1.54) is 0 Å². The minimum atomic E-state index is -0.492. The number of aliphatic hydroxyl groups is 1. The molecule has 1 heterocycles. The Labute approximate surface area is 103 Å². The second kappa shape index (κ2) is 4.84. The predicted octanol–water partition coefficient (Wildman–Crippen LogP) is 1.85. The minimum absolute atomic E-state index is 0.184. The van der Waals surface area contributed by atoms with E-state index in [0.29, 0.717) is 26.1 Å². The fraction of sp³-hybridized carbons (Fsp3) is 1.00. The highest BCUT2D eigenvalue weighted by molar-refractivity contribution is 4.90. The van der Waals surface area contributed by atoms with Crippen LogP contribution in [0.2, 0.25) is 0 Å². The Morgan fingerprint density at radius 3 is 2.59 bits per heavy atom. The van der Waals surface area contributed by atoms with Crippen LogP contribution in [0.5, 0.6) is 0 Å². The van der Waals surface area contributed by atoms with Crippen molar-refractivity contribution in [2.24, 2.45) is 0 Å². The monoisotopic (exact) mass is 244 g/mol. The molecule has 2 rings (SSSR count). The Bertz CT molecular complexity index is 258. The molecule has 1 saturated heterocycles. The Hall–Kier alpha value is -0.160. The average Bonchev–Trinajstić information content (AvgIpc) is 2.72. The van der Waals surface area contributed by atoms with Crippen LogP contribution in [0.1, 0.15) is 46.5 Å². The highest BCUT2D eigenvalue weighted by Crippen LogP contribution is 2.38. The van der Waals surface area contributed by atoms with Crippen LogP contribution in [0.3, 0.4) is 0 Å². The van der Waals surface area contributed by atoms with E-state index in [0.717, 1.165) is 12.8 Å². The van der Waals surface area contributed by atoms with Crippen molar-refractivity contribution in [2.75, 3.05) is 13.2 Å². The van der Waals surface area contributed by atoms with Crippen LogP contribution in [0.15, 0.2) is 0 Å². The Kier molecular flexibility index (Phi) is 3.78. The molecule has 0 bridgehead atoms.